The topological polar surface area (TPSA) is 29.1 Å². The fraction of sp³-hybridized carbons (Fsp3) is 0.480. The van der Waals surface area contributed by atoms with E-state index in [1.54, 1.807) is 0 Å². The predicted molar refractivity (Wildman–Crippen MR) is 108 cm³/mol. The zero-order valence-corrected chi connectivity index (χ0v) is 15.9. The molecule has 140 valence electrons. The monoisotopic (exact) mass is 359 g/mol. The van der Waals surface area contributed by atoms with Crippen LogP contribution in [0.3, 0.4) is 0 Å². The van der Waals surface area contributed by atoms with E-state index in [-0.39, 0.29) is 17.4 Å². The molecule has 4 aliphatic carbocycles. The van der Waals surface area contributed by atoms with Gasteiger partial charge in [-0.3, -0.25) is 4.79 Å². The van der Waals surface area contributed by atoms with Crippen molar-refractivity contribution >= 4 is 5.91 Å². The lowest BCUT2D eigenvalue weighted by atomic mass is 9.65. The molecule has 2 nitrogen and oxygen atoms in total. The Bertz CT molecular complexity index is 746. The second-order valence-electron chi connectivity index (χ2n) is 9.28. The van der Waals surface area contributed by atoms with Gasteiger partial charge in [-0.15, -0.1) is 0 Å². The first-order chi connectivity index (χ1) is 13.2. The number of carbonyl (C=O) groups excluding carboxylic acids is 1. The van der Waals surface area contributed by atoms with Gasteiger partial charge in [0.1, 0.15) is 0 Å². The molecular formula is C25H29NO. The Morgan fingerprint density at radius 1 is 0.815 bits per heavy atom. The minimum atomic E-state index is -0.222. The van der Waals surface area contributed by atoms with Crippen LogP contribution in [0.5, 0.6) is 0 Å². The third-order valence-corrected chi connectivity index (χ3v) is 7.31. The lowest BCUT2D eigenvalue weighted by Crippen LogP contribution is -2.53. The maximum Gasteiger partial charge on any atom is 0.232 e. The van der Waals surface area contributed by atoms with Gasteiger partial charge in [0, 0.05) is 5.54 Å². The van der Waals surface area contributed by atoms with Crippen molar-refractivity contribution in [1.29, 1.82) is 0 Å². The first-order valence-electron chi connectivity index (χ1n) is 10.6. The molecule has 4 fully saturated rings. The van der Waals surface area contributed by atoms with Gasteiger partial charge in [0.15, 0.2) is 0 Å². The zero-order valence-electron chi connectivity index (χ0n) is 15.9. The number of carbonyl (C=O) groups is 1. The second-order valence-corrected chi connectivity index (χ2v) is 9.28. The minimum Gasteiger partial charge on any atom is -0.350 e. The van der Waals surface area contributed by atoms with Crippen LogP contribution in [0.4, 0.5) is 0 Å². The van der Waals surface area contributed by atoms with Crippen LogP contribution >= 0.6 is 0 Å². The fourth-order valence-corrected chi connectivity index (χ4v) is 6.43. The molecule has 4 saturated carbocycles. The van der Waals surface area contributed by atoms with E-state index < -0.39 is 0 Å². The smallest absolute Gasteiger partial charge is 0.232 e. The highest BCUT2D eigenvalue weighted by Gasteiger charge is 2.48. The van der Waals surface area contributed by atoms with Gasteiger partial charge in [0.05, 0.1) is 5.92 Å². The average molecular weight is 360 g/mol. The van der Waals surface area contributed by atoms with Crippen molar-refractivity contribution in [2.45, 2.75) is 56.4 Å². The van der Waals surface area contributed by atoms with E-state index in [2.05, 4.69) is 29.6 Å². The van der Waals surface area contributed by atoms with Gasteiger partial charge in [-0.2, -0.15) is 0 Å². The normalized spacial score (nSPS) is 31.7. The summed E-state index contributed by atoms with van der Waals surface area (Å²) in [7, 11) is 0. The first kappa shape index (κ1) is 17.0. The molecule has 0 aliphatic heterocycles. The summed E-state index contributed by atoms with van der Waals surface area (Å²) in [5.74, 6) is 2.54. The molecule has 1 N–H and O–H groups in total. The van der Waals surface area contributed by atoms with E-state index in [9.17, 15) is 4.79 Å². The highest BCUT2D eigenvalue weighted by atomic mass is 16.2. The molecule has 0 spiro atoms. The van der Waals surface area contributed by atoms with Crippen LogP contribution in [-0.2, 0) is 4.79 Å². The summed E-state index contributed by atoms with van der Waals surface area (Å²) in [4.78, 5) is 13.6. The van der Waals surface area contributed by atoms with Gasteiger partial charge in [0.2, 0.25) is 5.91 Å². The lowest BCUT2D eigenvalue weighted by Gasteiger charge is -2.46. The van der Waals surface area contributed by atoms with Crippen LogP contribution in [0.15, 0.2) is 60.7 Å². The number of rotatable bonds is 4. The molecule has 6 rings (SSSR count). The van der Waals surface area contributed by atoms with E-state index in [0.29, 0.717) is 0 Å². The summed E-state index contributed by atoms with van der Waals surface area (Å²) in [5.41, 5.74) is 2.21. The molecule has 1 amide bonds. The fourth-order valence-electron chi connectivity index (χ4n) is 6.43. The number of hydrogen-bond donors (Lipinski definition) is 1. The van der Waals surface area contributed by atoms with Gasteiger partial charge < -0.3 is 5.32 Å². The third kappa shape index (κ3) is 3.31. The molecule has 0 aromatic heterocycles. The quantitative estimate of drug-likeness (QED) is 0.789. The summed E-state index contributed by atoms with van der Waals surface area (Å²) in [5, 5.41) is 3.62. The number of hydrogen-bond acceptors (Lipinski definition) is 1. The summed E-state index contributed by atoms with van der Waals surface area (Å²) < 4.78 is 0. The molecule has 4 bridgehead atoms. The Morgan fingerprint density at radius 2 is 1.33 bits per heavy atom. The van der Waals surface area contributed by atoms with Crippen molar-refractivity contribution in [2.75, 3.05) is 0 Å². The standard InChI is InChI=1S/C25H29NO/c27-24(23(21-7-3-1-4-8-21)22-9-5-2-6-10-22)26-25-12-11-18-13-19(16-25)15-20(14-18)17-25/h1-10,18-20,23H,11-17H2,(H,26,27)/t18?,19-,20-,25?/m1/s1. The third-order valence-electron chi connectivity index (χ3n) is 7.31. The molecule has 0 saturated heterocycles. The molecular weight excluding hydrogens is 330 g/mol. The highest BCUT2D eigenvalue weighted by molar-refractivity contribution is 5.87. The maximum absolute atomic E-state index is 13.6. The van der Waals surface area contributed by atoms with Crippen molar-refractivity contribution in [3.63, 3.8) is 0 Å². The molecule has 2 atom stereocenters. The Balaban J connectivity index is 1.45. The number of fused-ring (bicyclic) bond motifs is 1. The molecule has 4 aliphatic rings. The van der Waals surface area contributed by atoms with Crippen molar-refractivity contribution in [1.82, 2.24) is 5.32 Å². The second kappa shape index (κ2) is 6.82. The van der Waals surface area contributed by atoms with E-state index in [4.69, 9.17) is 0 Å². The predicted octanol–water partition coefficient (Wildman–Crippen LogP) is 5.29. The van der Waals surface area contributed by atoms with Crippen LogP contribution < -0.4 is 5.32 Å². The molecule has 27 heavy (non-hydrogen) atoms. The number of amides is 1. The van der Waals surface area contributed by atoms with Crippen LogP contribution in [0.25, 0.3) is 0 Å². The van der Waals surface area contributed by atoms with Crippen LogP contribution in [0, 0.1) is 17.8 Å². The molecule has 2 heteroatoms. The Hall–Kier alpha value is -2.09. The minimum absolute atomic E-state index is 0.0394. The lowest BCUT2D eigenvalue weighted by molar-refractivity contribution is -0.124. The SMILES string of the molecule is O=C(NC12CCC3C[C@H](C[C@@H](C3)C1)C2)C(c1ccccc1)c1ccccc1. The number of benzene rings is 2. The molecule has 2 aromatic carbocycles. The van der Waals surface area contributed by atoms with Crippen LogP contribution in [0.1, 0.15) is 62.0 Å². The van der Waals surface area contributed by atoms with Crippen molar-refractivity contribution in [3.05, 3.63) is 71.8 Å². The molecule has 0 unspecified atom stereocenters. The van der Waals surface area contributed by atoms with Gasteiger partial charge >= 0.3 is 0 Å². The van der Waals surface area contributed by atoms with Gasteiger partial charge in [-0.05, 0) is 73.8 Å². The maximum atomic E-state index is 13.6. The molecule has 0 heterocycles. The van der Waals surface area contributed by atoms with E-state index in [0.717, 1.165) is 28.9 Å². The molecule has 0 radical (unpaired) electrons. The highest BCUT2D eigenvalue weighted by Crippen LogP contribution is 2.53. The number of nitrogens with one attached hydrogen (secondary N) is 1. The summed E-state index contributed by atoms with van der Waals surface area (Å²) in [6.07, 6.45) is 9.06. The molecule has 2 aromatic rings. The zero-order chi connectivity index (χ0) is 18.3. The Labute approximate surface area is 162 Å². The van der Waals surface area contributed by atoms with Crippen LogP contribution in [0.2, 0.25) is 0 Å². The van der Waals surface area contributed by atoms with Gasteiger partial charge in [-0.25, -0.2) is 0 Å². The van der Waals surface area contributed by atoms with Crippen molar-refractivity contribution in [2.24, 2.45) is 17.8 Å². The van der Waals surface area contributed by atoms with Gasteiger partial charge in [-0.1, -0.05) is 60.7 Å². The average Bonchev–Trinajstić information content (AvgIpc) is 2.87. The summed E-state index contributed by atoms with van der Waals surface area (Å²) in [6, 6.07) is 20.5. The Kier molecular flexibility index (Phi) is 4.30. The summed E-state index contributed by atoms with van der Waals surface area (Å²) in [6.45, 7) is 0. The van der Waals surface area contributed by atoms with Crippen LogP contribution in [-0.4, -0.2) is 11.4 Å². The Morgan fingerprint density at radius 3 is 1.89 bits per heavy atom. The van der Waals surface area contributed by atoms with Crippen molar-refractivity contribution < 1.29 is 4.79 Å². The van der Waals surface area contributed by atoms with E-state index >= 15 is 0 Å². The summed E-state index contributed by atoms with van der Waals surface area (Å²) >= 11 is 0. The first-order valence-corrected chi connectivity index (χ1v) is 10.6. The van der Waals surface area contributed by atoms with E-state index in [1.165, 1.54) is 44.9 Å². The largest absolute Gasteiger partial charge is 0.350 e. The van der Waals surface area contributed by atoms with Gasteiger partial charge in [0.25, 0.3) is 0 Å². The van der Waals surface area contributed by atoms with E-state index in [1.807, 2.05) is 36.4 Å². The van der Waals surface area contributed by atoms with Crippen molar-refractivity contribution in [3.8, 4) is 0 Å².